The predicted octanol–water partition coefficient (Wildman–Crippen LogP) is 2.25. The number of benzene rings is 1. The SMILES string of the molecule is CC(NC(=O)CCCNC(=O)c1ccco1)c1ccc(-n2cncn2)cc1. The number of nitrogens with zero attached hydrogens (tertiary/aromatic N) is 3. The lowest BCUT2D eigenvalue weighted by Gasteiger charge is -2.15. The molecule has 0 saturated carbocycles. The summed E-state index contributed by atoms with van der Waals surface area (Å²) >= 11 is 0. The van der Waals surface area contributed by atoms with E-state index in [1.54, 1.807) is 23.1 Å². The normalized spacial score (nSPS) is 11.7. The summed E-state index contributed by atoms with van der Waals surface area (Å²) < 4.78 is 6.68. The number of rotatable bonds is 8. The van der Waals surface area contributed by atoms with Crippen molar-refractivity contribution in [3.63, 3.8) is 0 Å². The van der Waals surface area contributed by atoms with Crippen LogP contribution in [0.15, 0.2) is 59.7 Å². The number of nitrogens with one attached hydrogen (secondary N) is 2. The molecular weight excluding hydrogens is 346 g/mol. The number of aromatic nitrogens is 3. The summed E-state index contributed by atoms with van der Waals surface area (Å²) in [6.07, 6.45) is 5.44. The quantitative estimate of drug-likeness (QED) is 0.595. The van der Waals surface area contributed by atoms with Crippen LogP contribution in [0.1, 0.15) is 41.9 Å². The van der Waals surface area contributed by atoms with E-state index < -0.39 is 0 Å². The molecule has 0 bridgehead atoms. The maximum absolute atomic E-state index is 12.1. The highest BCUT2D eigenvalue weighted by Crippen LogP contribution is 2.15. The maximum Gasteiger partial charge on any atom is 0.286 e. The minimum Gasteiger partial charge on any atom is -0.459 e. The number of carbonyl (C=O) groups excluding carboxylic acids is 2. The lowest BCUT2D eigenvalue weighted by Crippen LogP contribution is -2.29. The second-order valence-corrected chi connectivity index (χ2v) is 6.06. The summed E-state index contributed by atoms with van der Waals surface area (Å²) in [5.41, 5.74) is 1.90. The first-order valence-corrected chi connectivity index (χ1v) is 8.69. The zero-order chi connectivity index (χ0) is 19.1. The largest absolute Gasteiger partial charge is 0.459 e. The Morgan fingerprint density at radius 1 is 1.22 bits per heavy atom. The van der Waals surface area contributed by atoms with E-state index in [0.717, 1.165) is 11.3 Å². The van der Waals surface area contributed by atoms with E-state index in [2.05, 4.69) is 20.7 Å². The van der Waals surface area contributed by atoms with Crippen molar-refractivity contribution in [3.8, 4) is 5.69 Å². The van der Waals surface area contributed by atoms with Crippen molar-refractivity contribution in [2.24, 2.45) is 0 Å². The van der Waals surface area contributed by atoms with Gasteiger partial charge in [0.2, 0.25) is 5.91 Å². The number of hydrogen-bond acceptors (Lipinski definition) is 5. The monoisotopic (exact) mass is 367 g/mol. The standard InChI is InChI=1S/C19H21N5O3/c1-14(15-6-8-16(9-7-15)24-13-20-12-22-24)23-18(25)5-2-10-21-19(26)17-4-3-11-27-17/h3-4,6-9,11-14H,2,5,10H2,1H3,(H,21,26)(H,23,25). The lowest BCUT2D eigenvalue weighted by atomic mass is 10.1. The molecule has 3 rings (SSSR count). The van der Waals surface area contributed by atoms with E-state index >= 15 is 0 Å². The van der Waals surface area contributed by atoms with Crippen molar-refractivity contribution in [1.29, 1.82) is 0 Å². The van der Waals surface area contributed by atoms with E-state index in [4.69, 9.17) is 4.42 Å². The molecule has 2 N–H and O–H groups in total. The van der Waals surface area contributed by atoms with Gasteiger partial charge in [0.05, 0.1) is 18.0 Å². The minimum atomic E-state index is -0.277. The Hall–Kier alpha value is -3.42. The van der Waals surface area contributed by atoms with E-state index in [1.165, 1.54) is 12.6 Å². The molecule has 0 spiro atoms. The molecular formula is C19H21N5O3. The molecule has 8 heteroatoms. The van der Waals surface area contributed by atoms with Gasteiger partial charge in [0.15, 0.2) is 5.76 Å². The summed E-state index contributed by atoms with van der Waals surface area (Å²) in [5, 5.41) is 9.76. The molecule has 1 unspecified atom stereocenters. The van der Waals surface area contributed by atoms with Gasteiger partial charge in [-0.25, -0.2) is 9.67 Å². The highest BCUT2D eigenvalue weighted by Gasteiger charge is 2.11. The Bertz CT molecular complexity index is 857. The van der Waals surface area contributed by atoms with Gasteiger partial charge in [0.25, 0.3) is 5.91 Å². The fraction of sp³-hybridized carbons (Fsp3) is 0.263. The van der Waals surface area contributed by atoms with Crippen LogP contribution in [-0.2, 0) is 4.79 Å². The topological polar surface area (TPSA) is 102 Å². The van der Waals surface area contributed by atoms with Crippen molar-refractivity contribution >= 4 is 11.8 Å². The van der Waals surface area contributed by atoms with Crippen molar-refractivity contribution in [1.82, 2.24) is 25.4 Å². The number of carbonyl (C=O) groups is 2. The van der Waals surface area contributed by atoms with Gasteiger partial charge >= 0.3 is 0 Å². The number of amides is 2. The van der Waals surface area contributed by atoms with Gasteiger partial charge in [-0.15, -0.1) is 0 Å². The molecule has 0 fully saturated rings. The summed E-state index contributed by atoms with van der Waals surface area (Å²) in [7, 11) is 0. The molecule has 27 heavy (non-hydrogen) atoms. The van der Waals surface area contributed by atoms with Crippen LogP contribution in [0, 0.1) is 0 Å². The first kappa shape index (κ1) is 18.4. The van der Waals surface area contributed by atoms with Gasteiger partial charge in [0, 0.05) is 13.0 Å². The van der Waals surface area contributed by atoms with Crippen molar-refractivity contribution < 1.29 is 14.0 Å². The second-order valence-electron chi connectivity index (χ2n) is 6.06. The maximum atomic E-state index is 12.1. The number of furan rings is 1. The van der Waals surface area contributed by atoms with Crippen LogP contribution in [0.2, 0.25) is 0 Å². The summed E-state index contributed by atoms with van der Waals surface area (Å²) in [5.74, 6) is -0.0706. The second kappa shape index (κ2) is 8.79. The molecule has 0 aliphatic rings. The summed E-state index contributed by atoms with van der Waals surface area (Å²) in [6, 6.07) is 10.9. The van der Waals surface area contributed by atoms with E-state index in [-0.39, 0.29) is 23.6 Å². The van der Waals surface area contributed by atoms with Crippen LogP contribution in [0.5, 0.6) is 0 Å². The van der Waals surface area contributed by atoms with Gasteiger partial charge in [-0.1, -0.05) is 12.1 Å². The molecule has 1 aromatic carbocycles. The Labute approximate surface area is 156 Å². The Morgan fingerprint density at radius 3 is 2.70 bits per heavy atom. The zero-order valence-electron chi connectivity index (χ0n) is 15.0. The highest BCUT2D eigenvalue weighted by atomic mass is 16.3. The molecule has 0 saturated heterocycles. The average Bonchev–Trinajstić information content (AvgIpc) is 3.39. The van der Waals surface area contributed by atoms with Crippen LogP contribution in [0.25, 0.3) is 5.69 Å². The van der Waals surface area contributed by atoms with Gasteiger partial charge < -0.3 is 15.1 Å². The third kappa shape index (κ3) is 5.04. The third-order valence-corrected chi connectivity index (χ3v) is 4.07. The highest BCUT2D eigenvalue weighted by molar-refractivity contribution is 5.91. The predicted molar refractivity (Wildman–Crippen MR) is 98.2 cm³/mol. The van der Waals surface area contributed by atoms with Crippen LogP contribution in [-0.4, -0.2) is 33.1 Å². The van der Waals surface area contributed by atoms with Gasteiger partial charge in [0.1, 0.15) is 12.7 Å². The fourth-order valence-electron chi connectivity index (χ4n) is 2.60. The summed E-state index contributed by atoms with van der Waals surface area (Å²) in [6.45, 7) is 2.34. The van der Waals surface area contributed by atoms with Gasteiger partial charge in [-0.05, 0) is 43.2 Å². The van der Waals surface area contributed by atoms with E-state index in [0.29, 0.717) is 19.4 Å². The van der Waals surface area contributed by atoms with Gasteiger partial charge in [-0.2, -0.15) is 5.10 Å². The van der Waals surface area contributed by atoms with Crippen molar-refractivity contribution in [2.75, 3.05) is 6.54 Å². The molecule has 8 nitrogen and oxygen atoms in total. The van der Waals surface area contributed by atoms with Crippen molar-refractivity contribution in [3.05, 3.63) is 66.6 Å². The molecule has 0 aliphatic carbocycles. The van der Waals surface area contributed by atoms with Crippen LogP contribution >= 0.6 is 0 Å². The Kier molecular flexibility index (Phi) is 5.98. The minimum absolute atomic E-state index is 0.0601. The van der Waals surface area contributed by atoms with Crippen LogP contribution < -0.4 is 10.6 Å². The fourth-order valence-corrected chi connectivity index (χ4v) is 2.60. The van der Waals surface area contributed by atoms with E-state index in [1.807, 2.05) is 31.2 Å². The molecule has 0 aliphatic heterocycles. The molecule has 140 valence electrons. The average molecular weight is 367 g/mol. The molecule has 2 aromatic heterocycles. The third-order valence-electron chi connectivity index (χ3n) is 4.07. The molecule has 3 aromatic rings. The van der Waals surface area contributed by atoms with Crippen molar-refractivity contribution in [2.45, 2.75) is 25.8 Å². The first-order chi connectivity index (χ1) is 13.1. The molecule has 1 atom stereocenters. The van der Waals surface area contributed by atoms with Crippen LogP contribution in [0.3, 0.4) is 0 Å². The number of hydrogen-bond donors (Lipinski definition) is 2. The molecule has 2 heterocycles. The lowest BCUT2D eigenvalue weighted by molar-refractivity contribution is -0.121. The zero-order valence-corrected chi connectivity index (χ0v) is 15.0. The summed E-state index contributed by atoms with van der Waals surface area (Å²) in [4.78, 5) is 27.7. The Morgan fingerprint density at radius 2 is 2.04 bits per heavy atom. The van der Waals surface area contributed by atoms with Gasteiger partial charge in [-0.3, -0.25) is 9.59 Å². The molecule has 2 amide bonds. The van der Waals surface area contributed by atoms with E-state index in [9.17, 15) is 9.59 Å². The smallest absolute Gasteiger partial charge is 0.286 e. The Balaban J connectivity index is 1.40. The van der Waals surface area contributed by atoms with Crippen LogP contribution in [0.4, 0.5) is 0 Å². The molecule has 0 radical (unpaired) electrons. The first-order valence-electron chi connectivity index (χ1n) is 8.69.